The number of rotatable bonds is 3. The Morgan fingerprint density at radius 1 is 1.17 bits per heavy atom. The topological polar surface area (TPSA) is 68.0 Å². The quantitative estimate of drug-likeness (QED) is 0.750. The van der Waals surface area contributed by atoms with E-state index in [1.807, 2.05) is 25.3 Å². The Kier molecular flexibility index (Phi) is 2.60. The van der Waals surface area contributed by atoms with E-state index in [0.717, 1.165) is 22.9 Å². The summed E-state index contributed by atoms with van der Waals surface area (Å²) in [6, 6.07) is 3.80. The van der Waals surface area contributed by atoms with Gasteiger partial charge in [-0.2, -0.15) is 5.10 Å². The highest BCUT2D eigenvalue weighted by molar-refractivity contribution is 5.66. The largest absolute Gasteiger partial charge is 0.363 e. The molecule has 3 heterocycles. The smallest absolute Gasteiger partial charge is 0.152 e. The number of hydrogen-bond donors (Lipinski definition) is 1. The number of hydrogen-bond acceptors (Lipinski definition) is 5. The fourth-order valence-electron chi connectivity index (χ4n) is 1.77. The Morgan fingerprint density at radius 2 is 2.11 bits per heavy atom. The lowest BCUT2D eigenvalue weighted by molar-refractivity contribution is 0.928. The molecule has 0 atom stereocenters. The molecule has 6 nitrogen and oxygen atoms in total. The van der Waals surface area contributed by atoms with E-state index in [9.17, 15) is 0 Å². The molecule has 90 valence electrons. The second-order valence-electron chi connectivity index (χ2n) is 3.89. The highest BCUT2D eigenvalue weighted by atomic mass is 15.2. The first-order valence-electron chi connectivity index (χ1n) is 5.64. The van der Waals surface area contributed by atoms with Crippen LogP contribution in [0.25, 0.3) is 5.52 Å². The minimum absolute atomic E-state index is 0.612. The summed E-state index contributed by atoms with van der Waals surface area (Å²) in [5, 5.41) is 7.41. The van der Waals surface area contributed by atoms with Gasteiger partial charge in [-0.1, -0.05) is 0 Å². The van der Waals surface area contributed by atoms with Crippen LogP contribution in [0, 0.1) is 6.92 Å². The number of fused-ring (bicyclic) bond motifs is 1. The number of aromatic nitrogens is 5. The van der Waals surface area contributed by atoms with Crippen molar-refractivity contribution in [2.24, 2.45) is 0 Å². The molecular formula is C12H12N6. The predicted molar refractivity (Wildman–Crippen MR) is 67.1 cm³/mol. The molecule has 0 saturated carbocycles. The van der Waals surface area contributed by atoms with Crippen LogP contribution in [0.4, 0.5) is 5.82 Å². The van der Waals surface area contributed by atoms with E-state index >= 15 is 0 Å². The lowest BCUT2D eigenvalue weighted by Crippen LogP contribution is -2.05. The molecule has 0 aliphatic rings. The van der Waals surface area contributed by atoms with Gasteiger partial charge in [0.1, 0.15) is 11.3 Å². The third kappa shape index (κ3) is 2.00. The van der Waals surface area contributed by atoms with Gasteiger partial charge < -0.3 is 5.32 Å². The predicted octanol–water partition coefficient (Wildman–Crippen LogP) is 1.44. The lowest BCUT2D eigenvalue weighted by atomic mass is 10.4. The van der Waals surface area contributed by atoms with Gasteiger partial charge in [-0.05, 0) is 19.1 Å². The Hall–Kier alpha value is -2.50. The van der Waals surface area contributed by atoms with Crippen LogP contribution in [-0.2, 0) is 6.54 Å². The average Bonchev–Trinajstić information content (AvgIpc) is 2.85. The van der Waals surface area contributed by atoms with E-state index < -0.39 is 0 Å². The van der Waals surface area contributed by atoms with Crippen LogP contribution in [0.5, 0.6) is 0 Å². The third-order valence-electron chi connectivity index (χ3n) is 2.60. The van der Waals surface area contributed by atoms with Gasteiger partial charge in [-0.3, -0.25) is 0 Å². The highest BCUT2D eigenvalue weighted by Crippen LogP contribution is 2.12. The molecule has 3 aromatic heterocycles. The Labute approximate surface area is 104 Å². The first-order valence-corrected chi connectivity index (χ1v) is 5.64. The lowest BCUT2D eigenvalue weighted by Gasteiger charge is -2.06. The molecule has 3 rings (SSSR count). The van der Waals surface area contributed by atoms with Gasteiger partial charge in [0.15, 0.2) is 5.82 Å². The minimum atomic E-state index is 0.612. The summed E-state index contributed by atoms with van der Waals surface area (Å²) in [5.74, 6) is 1.57. The maximum Gasteiger partial charge on any atom is 0.152 e. The van der Waals surface area contributed by atoms with Crippen molar-refractivity contribution >= 4 is 11.3 Å². The molecule has 0 aliphatic carbocycles. The third-order valence-corrected chi connectivity index (χ3v) is 2.60. The molecular weight excluding hydrogens is 228 g/mol. The zero-order valence-corrected chi connectivity index (χ0v) is 9.91. The normalized spacial score (nSPS) is 10.7. The van der Waals surface area contributed by atoms with Gasteiger partial charge in [0, 0.05) is 18.6 Å². The first-order chi connectivity index (χ1) is 8.83. The first kappa shape index (κ1) is 10.6. The van der Waals surface area contributed by atoms with Crippen LogP contribution < -0.4 is 5.32 Å². The molecule has 0 saturated heterocycles. The second-order valence-corrected chi connectivity index (χ2v) is 3.89. The van der Waals surface area contributed by atoms with Gasteiger partial charge in [0.05, 0.1) is 18.4 Å². The van der Waals surface area contributed by atoms with Gasteiger partial charge in [0.25, 0.3) is 0 Å². The average molecular weight is 240 g/mol. The SMILES string of the molecule is Cc1nccc(CNc2nccn3nccc23)n1. The van der Waals surface area contributed by atoms with E-state index in [-0.39, 0.29) is 0 Å². The molecule has 18 heavy (non-hydrogen) atoms. The molecule has 0 radical (unpaired) electrons. The summed E-state index contributed by atoms with van der Waals surface area (Å²) >= 11 is 0. The molecule has 6 heteroatoms. The van der Waals surface area contributed by atoms with Crippen molar-refractivity contribution in [2.75, 3.05) is 5.32 Å². The van der Waals surface area contributed by atoms with Crippen molar-refractivity contribution in [3.05, 3.63) is 48.4 Å². The Balaban J connectivity index is 1.83. The van der Waals surface area contributed by atoms with Crippen molar-refractivity contribution in [3.8, 4) is 0 Å². The highest BCUT2D eigenvalue weighted by Gasteiger charge is 2.03. The van der Waals surface area contributed by atoms with Crippen molar-refractivity contribution in [1.29, 1.82) is 0 Å². The van der Waals surface area contributed by atoms with Crippen LogP contribution in [0.2, 0.25) is 0 Å². The molecule has 0 aliphatic heterocycles. The molecule has 0 fully saturated rings. The summed E-state index contributed by atoms with van der Waals surface area (Å²) in [5.41, 5.74) is 1.88. The van der Waals surface area contributed by atoms with Crippen LogP contribution in [-0.4, -0.2) is 24.6 Å². The summed E-state index contributed by atoms with van der Waals surface area (Å²) in [4.78, 5) is 12.7. The summed E-state index contributed by atoms with van der Waals surface area (Å²) in [7, 11) is 0. The second kappa shape index (κ2) is 4.40. The number of aryl methyl sites for hydroxylation is 1. The van der Waals surface area contributed by atoms with Crippen molar-refractivity contribution in [2.45, 2.75) is 13.5 Å². The van der Waals surface area contributed by atoms with Crippen LogP contribution in [0.15, 0.2) is 36.9 Å². The fraction of sp³-hybridized carbons (Fsp3) is 0.167. The minimum Gasteiger partial charge on any atom is -0.363 e. The molecule has 0 spiro atoms. The van der Waals surface area contributed by atoms with Crippen LogP contribution in [0.1, 0.15) is 11.5 Å². The molecule has 0 aromatic carbocycles. The van der Waals surface area contributed by atoms with E-state index in [0.29, 0.717) is 6.54 Å². The van der Waals surface area contributed by atoms with Crippen molar-refractivity contribution < 1.29 is 0 Å². The van der Waals surface area contributed by atoms with Crippen molar-refractivity contribution in [3.63, 3.8) is 0 Å². The zero-order chi connectivity index (χ0) is 12.4. The monoisotopic (exact) mass is 240 g/mol. The summed E-state index contributed by atoms with van der Waals surface area (Å²) in [6.45, 7) is 2.49. The molecule has 1 N–H and O–H groups in total. The van der Waals surface area contributed by atoms with Crippen molar-refractivity contribution in [1.82, 2.24) is 24.6 Å². The van der Waals surface area contributed by atoms with E-state index in [2.05, 4.69) is 25.4 Å². The zero-order valence-electron chi connectivity index (χ0n) is 9.91. The molecule has 0 amide bonds. The number of nitrogens with zero attached hydrogens (tertiary/aromatic N) is 5. The van der Waals surface area contributed by atoms with Gasteiger partial charge in [-0.25, -0.2) is 19.5 Å². The van der Waals surface area contributed by atoms with Crippen LogP contribution >= 0.6 is 0 Å². The van der Waals surface area contributed by atoms with E-state index in [1.165, 1.54) is 0 Å². The molecule has 3 aromatic rings. The van der Waals surface area contributed by atoms with Gasteiger partial charge >= 0.3 is 0 Å². The maximum atomic E-state index is 4.33. The van der Waals surface area contributed by atoms with E-state index in [1.54, 1.807) is 23.1 Å². The summed E-state index contributed by atoms with van der Waals surface area (Å²) < 4.78 is 1.78. The van der Waals surface area contributed by atoms with Crippen LogP contribution in [0.3, 0.4) is 0 Å². The molecule has 0 unspecified atom stereocenters. The number of nitrogens with one attached hydrogen (secondary N) is 1. The van der Waals surface area contributed by atoms with Gasteiger partial charge in [-0.15, -0.1) is 0 Å². The summed E-state index contributed by atoms with van der Waals surface area (Å²) in [6.07, 6.45) is 7.03. The van der Waals surface area contributed by atoms with E-state index in [4.69, 9.17) is 0 Å². The Morgan fingerprint density at radius 3 is 3.00 bits per heavy atom. The van der Waals surface area contributed by atoms with Gasteiger partial charge in [0.2, 0.25) is 0 Å². The molecule has 0 bridgehead atoms. The number of anilines is 1. The maximum absolute atomic E-state index is 4.33. The standard InChI is InChI=1S/C12H12N6/c1-9-13-4-2-10(17-9)8-15-12-11-3-5-16-18(11)7-6-14-12/h2-7H,8H2,1H3,(H,14,15). The fourth-order valence-corrected chi connectivity index (χ4v) is 1.77. The Bertz CT molecular complexity index is 675.